The Hall–Kier alpha value is -3.55. The molecule has 1 aliphatic rings. The zero-order valence-corrected chi connectivity index (χ0v) is 14.1. The number of anilines is 1. The number of non-ortho nitro benzene ring substituents is 1. The molecule has 2 aromatic carbocycles. The molecular formula is C18H15N3O5. The van der Waals surface area contributed by atoms with E-state index in [0.717, 1.165) is 4.90 Å². The molecule has 0 aromatic heterocycles. The van der Waals surface area contributed by atoms with Gasteiger partial charge in [-0.1, -0.05) is 12.1 Å². The summed E-state index contributed by atoms with van der Waals surface area (Å²) in [6, 6.07) is 9.38. The number of amides is 3. The molecule has 8 heteroatoms. The van der Waals surface area contributed by atoms with E-state index in [1.54, 1.807) is 31.2 Å². The highest BCUT2D eigenvalue weighted by molar-refractivity contribution is 6.23. The van der Waals surface area contributed by atoms with Crippen LogP contribution < -0.4 is 5.32 Å². The number of aryl methyl sites for hydroxylation is 1. The van der Waals surface area contributed by atoms with Crippen molar-refractivity contribution in [3.05, 3.63) is 69.3 Å². The fraction of sp³-hybridized carbons (Fsp3) is 0.167. The summed E-state index contributed by atoms with van der Waals surface area (Å²) in [6.45, 7) is 3.08. The fourth-order valence-corrected chi connectivity index (χ4v) is 2.82. The van der Waals surface area contributed by atoms with Gasteiger partial charge in [0.2, 0.25) is 5.91 Å². The number of rotatable bonds is 4. The third-order valence-corrected chi connectivity index (χ3v) is 4.27. The highest BCUT2D eigenvalue weighted by atomic mass is 16.6. The third kappa shape index (κ3) is 2.81. The molecule has 0 radical (unpaired) electrons. The first kappa shape index (κ1) is 17.3. The lowest BCUT2D eigenvalue weighted by atomic mass is 10.1. The van der Waals surface area contributed by atoms with Crippen molar-refractivity contribution in [2.45, 2.75) is 19.9 Å². The molecule has 1 atom stereocenters. The molecule has 0 saturated carbocycles. The van der Waals surface area contributed by atoms with Crippen molar-refractivity contribution in [2.75, 3.05) is 5.32 Å². The van der Waals surface area contributed by atoms with Gasteiger partial charge in [0.15, 0.2) is 0 Å². The average Bonchev–Trinajstić information content (AvgIpc) is 2.87. The van der Waals surface area contributed by atoms with Crippen molar-refractivity contribution in [1.82, 2.24) is 4.90 Å². The van der Waals surface area contributed by atoms with Crippen LogP contribution >= 0.6 is 0 Å². The molecular weight excluding hydrogens is 338 g/mol. The number of carbonyl (C=O) groups excluding carboxylic acids is 3. The van der Waals surface area contributed by atoms with E-state index in [9.17, 15) is 24.5 Å². The van der Waals surface area contributed by atoms with Gasteiger partial charge in [-0.05, 0) is 37.6 Å². The van der Waals surface area contributed by atoms with Crippen molar-refractivity contribution < 1.29 is 19.3 Å². The zero-order valence-electron chi connectivity index (χ0n) is 14.1. The van der Waals surface area contributed by atoms with Gasteiger partial charge in [0.1, 0.15) is 6.04 Å². The first-order chi connectivity index (χ1) is 12.3. The van der Waals surface area contributed by atoms with Crippen LogP contribution in [0, 0.1) is 17.0 Å². The van der Waals surface area contributed by atoms with Crippen LogP contribution in [-0.2, 0) is 4.79 Å². The number of carbonyl (C=O) groups is 3. The number of hydrogen-bond acceptors (Lipinski definition) is 5. The van der Waals surface area contributed by atoms with E-state index in [1.165, 1.54) is 25.1 Å². The van der Waals surface area contributed by atoms with Gasteiger partial charge in [-0.25, -0.2) is 0 Å². The third-order valence-electron chi connectivity index (χ3n) is 4.27. The van der Waals surface area contributed by atoms with Crippen LogP contribution in [0.1, 0.15) is 33.2 Å². The fourth-order valence-electron chi connectivity index (χ4n) is 2.82. The molecule has 8 nitrogen and oxygen atoms in total. The lowest BCUT2D eigenvalue weighted by Crippen LogP contribution is -2.45. The summed E-state index contributed by atoms with van der Waals surface area (Å²) in [6.07, 6.45) is 0. The molecule has 0 saturated heterocycles. The number of hydrogen-bond donors (Lipinski definition) is 1. The van der Waals surface area contributed by atoms with Crippen LogP contribution in [0.15, 0.2) is 42.5 Å². The van der Waals surface area contributed by atoms with Crippen molar-refractivity contribution in [3.8, 4) is 0 Å². The second kappa shape index (κ2) is 6.40. The van der Waals surface area contributed by atoms with E-state index >= 15 is 0 Å². The summed E-state index contributed by atoms with van der Waals surface area (Å²) in [5.74, 6) is -1.60. The van der Waals surface area contributed by atoms with E-state index in [0.29, 0.717) is 11.3 Å². The molecule has 1 heterocycles. The predicted molar refractivity (Wildman–Crippen MR) is 92.9 cm³/mol. The number of imide groups is 1. The van der Waals surface area contributed by atoms with E-state index in [2.05, 4.69) is 5.32 Å². The van der Waals surface area contributed by atoms with Crippen molar-refractivity contribution in [1.29, 1.82) is 0 Å². The molecule has 3 rings (SSSR count). The van der Waals surface area contributed by atoms with Gasteiger partial charge < -0.3 is 5.32 Å². The average molecular weight is 353 g/mol. The number of nitro groups is 1. The van der Waals surface area contributed by atoms with Crippen LogP contribution in [0.5, 0.6) is 0 Å². The second-order valence-corrected chi connectivity index (χ2v) is 5.95. The molecule has 3 amide bonds. The van der Waals surface area contributed by atoms with Gasteiger partial charge in [0.25, 0.3) is 17.5 Å². The maximum Gasteiger partial charge on any atom is 0.269 e. The Balaban J connectivity index is 1.80. The number of nitrogens with one attached hydrogen (secondary N) is 1. The molecule has 0 unspecified atom stereocenters. The number of fused-ring (bicyclic) bond motifs is 1. The normalized spacial score (nSPS) is 14.2. The van der Waals surface area contributed by atoms with E-state index < -0.39 is 28.7 Å². The van der Waals surface area contributed by atoms with Gasteiger partial charge in [-0.15, -0.1) is 0 Å². The molecule has 2 aromatic rings. The zero-order chi connectivity index (χ0) is 19.0. The topological polar surface area (TPSA) is 110 Å². The van der Waals surface area contributed by atoms with Gasteiger partial charge in [0, 0.05) is 17.8 Å². The van der Waals surface area contributed by atoms with Gasteiger partial charge in [-0.3, -0.25) is 29.4 Å². The largest absolute Gasteiger partial charge is 0.324 e. The standard InChI is InChI=1S/C18H15N3O5/c1-10-9-12(21(25)26)7-8-15(10)19-16(22)11(2)20-17(23)13-5-3-4-6-14(13)18(20)24/h3-9,11H,1-2H3,(H,19,22)/t11-/m0/s1. The minimum absolute atomic E-state index is 0.0890. The lowest BCUT2D eigenvalue weighted by Gasteiger charge is -2.22. The van der Waals surface area contributed by atoms with Crippen molar-refractivity contribution in [2.24, 2.45) is 0 Å². The number of nitrogens with zero attached hydrogens (tertiary/aromatic N) is 2. The Labute approximate surface area is 148 Å². The Morgan fingerprint density at radius 2 is 1.69 bits per heavy atom. The smallest absolute Gasteiger partial charge is 0.269 e. The number of benzene rings is 2. The van der Waals surface area contributed by atoms with E-state index in [-0.39, 0.29) is 16.8 Å². The highest BCUT2D eigenvalue weighted by Crippen LogP contribution is 2.26. The Bertz CT molecular complexity index is 919. The molecule has 0 aliphatic carbocycles. The summed E-state index contributed by atoms with van der Waals surface area (Å²) < 4.78 is 0. The highest BCUT2D eigenvalue weighted by Gasteiger charge is 2.40. The first-order valence-electron chi connectivity index (χ1n) is 7.84. The molecule has 1 N–H and O–H groups in total. The van der Waals surface area contributed by atoms with Crippen molar-refractivity contribution >= 4 is 29.1 Å². The van der Waals surface area contributed by atoms with Crippen LogP contribution in [0.3, 0.4) is 0 Å². The summed E-state index contributed by atoms with van der Waals surface area (Å²) in [7, 11) is 0. The van der Waals surface area contributed by atoms with Gasteiger partial charge in [0.05, 0.1) is 16.1 Å². The molecule has 26 heavy (non-hydrogen) atoms. The van der Waals surface area contributed by atoms with Crippen LogP contribution in [0.4, 0.5) is 11.4 Å². The SMILES string of the molecule is Cc1cc([N+](=O)[O-])ccc1NC(=O)[C@H](C)N1C(=O)c2ccccc2C1=O. The number of nitro benzene ring substituents is 1. The van der Waals surface area contributed by atoms with Crippen LogP contribution in [0.25, 0.3) is 0 Å². The van der Waals surface area contributed by atoms with Gasteiger partial charge in [-0.2, -0.15) is 0 Å². The molecule has 132 valence electrons. The van der Waals surface area contributed by atoms with E-state index in [1.807, 2.05) is 0 Å². The molecule has 0 fully saturated rings. The lowest BCUT2D eigenvalue weighted by molar-refractivity contribution is -0.384. The monoisotopic (exact) mass is 353 g/mol. The van der Waals surface area contributed by atoms with Crippen LogP contribution in [0.2, 0.25) is 0 Å². The Morgan fingerprint density at radius 1 is 1.12 bits per heavy atom. The van der Waals surface area contributed by atoms with Crippen molar-refractivity contribution in [3.63, 3.8) is 0 Å². The Kier molecular flexibility index (Phi) is 4.25. The maximum absolute atomic E-state index is 12.5. The summed E-state index contributed by atoms with van der Waals surface area (Å²) in [5, 5.41) is 13.4. The first-order valence-corrected chi connectivity index (χ1v) is 7.84. The Morgan fingerprint density at radius 3 is 2.19 bits per heavy atom. The quantitative estimate of drug-likeness (QED) is 0.516. The summed E-state index contributed by atoms with van der Waals surface area (Å²) in [5.41, 5.74) is 1.33. The summed E-state index contributed by atoms with van der Waals surface area (Å²) >= 11 is 0. The predicted octanol–water partition coefficient (Wildman–Crippen LogP) is 2.53. The summed E-state index contributed by atoms with van der Waals surface area (Å²) in [4.78, 5) is 48.6. The molecule has 0 spiro atoms. The molecule has 0 bridgehead atoms. The van der Waals surface area contributed by atoms with Gasteiger partial charge >= 0.3 is 0 Å². The maximum atomic E-state index is 12.5. The minimum Gasteiger partial charge on any atom is -0.324 e. The molecule has 1 aliphatic heterocycles. The second-order valence-electron chi connectivity index (χ2n) is 5.95. The van der Waals surface area contributed by atoms with E-state index in [4.69, 9.17) is 0 Å². The van der Waals surface area contributed by atoms with Crippen LogP contribution in [-0.4, -0.2) is 33.6 Å². The minimum atomic E-state index is -1.03.